The minimum absolute atomic E-state index is 0.666. The third kappa shape index (κ3) is 2.27. The molecular formula is C17H17N3O. The number of benzene rings is 1. The highest BCUT2D eigenvalue weighted by Crippen LogP contribution is 2.29. The Balaban J connectivity index is 1.90. The molecule has 0 spiro atoms. The number of fused-ring (bicyclic) bond motifs is 1. The summed E-state index contributed by atoms with van der Waals surface area (Å²) in [6.07, 6.45) is 5.43. The largest absolute Gasteiger partial charge is 0.461 e. The van der Waals surface area contributed by atoms with Crippen LogP contribution in [0.15, 0.2) is 47.1 Å². The first-order valence-corrected chi connectivity index (χ1v) is 7.47. The maximum Gasteiger partial charge on any atom is 0.198 e. The van der Waals surface area contributed by atoms with Crippen LogP contribution in [-0.4, -0.2) is 23.1 Å². The zero-order chi connectivity index (χ0) is 14.1. The molecule has 3 heterocycles. The van der Waals surface area contributed by atoms with Gasteiger partial charge < -0.3 is 9.32 Å². The summed E-state index contributed by atoms with van der Waals surface area (Å²) in [6, 6.07) is 12.0. The standard InChI is InChI=1S/C17H17N3O/c1-4-10-20(11-5-1)17-13-7-2-3-8-14(13)18-16(19-17)15-9-6-12-21-15/h2-3,6-9,12H,1,4-5,10-11H2. The number of rotatable bonds is 2. The van der Waals surface area contributed by atoms with Gasteiger partial charge in [-0.25, -0.2) is 9.97 Å². The number of para-hydroxylation sites is 1. The molecule has 0 radical (unpaired) electrons. The van der Waals surface area contributed by atoms with Gasteiger partial charge >= 0.3 is 0 Å². The van der Waals surface area contributed by atoms with Gasteiger partial charge in [0.1, 0.15) is 5.82 Å². The zero-order valence-electron chi connectivity index (χ0n) is 11.8. The van der Waals surface area contributed by atoms with E-state index in [4.69, 9.17) is 9.40 Å². The molecule has 0 N–H and O–H groups in total. The Morgan fingerprint density at radius 2 is 1.76 bits per heavy atom. The van der Waals surface area contributed by atoms with Crippen LogP contribution >= 0.6 is 0 Å². The van der Waals surface area contributed by atoms with Crippen molar-refractivity contribution in [3.63, 3.8) is 0 Å². The predicted molar refractivity (Wildman–Crippen MR) is 83.3 cm³/mol. The summed E-state index contributed by atoms with van der Waals surface area (Å²) in [5.41, 5.74) is 0.972. The predicted octanol–water partition coefficient (Wildman–Crippen LogP) is 3.88. The van der Waals surface area contributed by atoms with Crippen molar-refractivity contribution in [3.05, 3.63) is 42.7 Å². The normalized spacial score (nSPS) is 15.5. The summed E-state index contributed by atoms with van der Waals surface area (Å²) in [7, 11) is 0. The molecule has 21 heavy (non-hydrogen) atoms. The van der Waals surface area contributed by atoms with Crippen LogP contribution in [0.25, 0.3) is 22.5 Å². The molecule has 106 valence electrons. The molecule has 1 fully saturated rings. The van der Waals surface area contributed by atoms with E-state index in [9.17, 15) is 0 Å². The number of piperidine rings is 1. The highest BCUT2D eigenvalue weighted by Gasteiger charge is 2.18. The van der Waals surface area contributed by atoms with Gasteiger partial charge in [-0.05, 0) is 43.5 Å². The lowest BCUT2D eigenvalue weighted by Crippen LogP contribution is -2.30. The smallest absolute Gasteiger partial charge is 0.198 e. The Labute approximate surface area is 123 Å². The molecule has 0 atom stereocenters. The molecular weight excluding hydrogens is 262 g/mol. The first-order chi connectivity index (χ1) is 10.4. The van der Waals surface area contributed by atoms with Crippen molar-refractivity contribution in [2.24, 2.45) is 0 Å². The highest BCUT2D eigenvalue weighted by atomic mass is 16.3. The van der Waals surface area contributed by atoms with Gasteiger partial charge in [-0.2, -0.15) is 0 Å². The minimum Gasteiger partial charge on any atom is -0.461 e. The maximum atomic E-state index is 5.47. The molecule has 4 heteroatoms. The molecule has 3 aromatic rings. The van der Waals surface area contributed by atoms with E-state index in [1.807, 2.05) is 30.3 Å². The van der Waals surface area contributed by atoms with E-state index in [2.05, 4.69) is 16.0 Å². The summed E-state index contributed by atoms with van der Waals surface area (Å²) >= 11 is 0. The molecule has 1 saturated heterocycles. The van der Waals surface area contributed by atoms with Crippen LogP contribution in [0.5, 0.6) is 0 Å². The summed E-state index contributed by atoms with van der Waals surface area (Å²) in [4.78, 5) is 11.8. The van der Waals surface area contributed by atoms with E-state index in [-0.39, 0.29) is 0 Å². The Bertz CT molecular complexity index is 746. The van der Waals surface area contributed by atoms with Crippen LogP contribution in [0.2, 0.25) is 0 Å². The number of furan rings is 1. The number of hydrogen-bond donors (Lipinski definition) is 0. The van der Waals surface area contributed by atoms with Crippen LogP contribution < -0.4 is 4.90 Å². The second kappa shape index (κ2) is 5.20. The molecule has 4 rings (SSSR count). The lowest BCUT2D eigenvalue weighted by molar-refractivity contribution is 0.569. The van der Waals surface area contributed by atoms with Gasteiger partial charge in [0.25, 0.3) is 0 Å². The average Bonchev–Trinajstić information content (AvgIpc) is 3.09. The Hall–Kier alpha value is -2.36. The van der Waals surface area contributed by atoms with Gasteiger partial charge in [0, 0.05) is 18.5 Å². The van der Waals surface area contributed by atoms with Crippen molar-refractivity contribution in [1.82, 2.24) is 9.97 Å². The molecule has 0 bridgehead atoms. The lowest BCUT2D eigenvalue weighted by atomic mass is 10.1. The molecule has 1 aliphatic rings. The van der Waals surface area contributed by atoms with E-state index in [1.165, 1.54) is 19.3 Å². The molecule has 2 aromatic heterocycles. The summed E-state index contributed by atoms with van der Waals surface area (Å²) in [5.74, 6) is 2.42. The summed E-state index contributed by atoms with van der Waals surface area (Å²) in [5, 5.41) is 1.12. The summed E-state index contributed by atoms with van der Waals surface area (Å²) in [6.45, 7) is 2.14. The van der Waals surface area contributed by atoms with Crippen molar-refractivity contribution in [2.45, 2.75) is 19.3 Å². The molecule has 1 aromatic carbocycles. The molecule has 0 amide bonds. The second-order valence-electron chi connectivity index (χ2n) is 5.41. The topological polar surface area (TPSA) is 42.2 Å². The SMILES string of the molecule is c1coc(-c2nc(N3CCCCC3)c3ccccc3n2)c1. The maximum absolute atomic E-state index is 5.47. The first kappa shape index (κ1) is 12.4. The van der Waals surface area contributed by atoms with E-state index in [0.29, 0.717) is 5.82 Å². The van der Waals surface area contributed by atoms with Gasteiger partial charge in [-0.15, -0.1) is 0 Å². The quantitative estimate of drug-likeness (QED) is 0.714. The van der Waals surface area contributed by atoms with Gasteiger partial charge in [0.15, 0.2) is 11.6 Å². The number of hydrogen-bond acceptors (Lipinski definition) is 4. The third-order valence-corrected chi connectivity index (χ3v) is 3.98. The second-order valence-corrected chi connectivity index (χ2v) is 5.41. The summed E-state index contributed by atoms with van der Waals surface area (Å²) < 4.78 is 5.47. The fourth-order valence-corrected chi connectivity index (χ4v) is 2.92. The number of anilines is 1. The van der Waals surface area contributed by atoms with E-state index >= 15 is 0 Å². The Kier molecular flexibility index (Phi) is 3.07. The molecule has 0 saturated carbocycles. The van der Waals surface area contributed by atoms with E-state index in [1.54, 1.807) is 6.26 Å². The average molecular weight is 279 g/mol. The Morgan fingerprint density at radius 3 is 2.57 bits per heavy atom. The van der Waals surface area contributed by atoms with Gasteiger partial charge in [0.2, 0.25) is 0 Å². The van der Waals surface area contributed by atoms with E-state index < -0.39 is 0 Å². The minimum atomic E-state index is 0.666. The van der Waals surface area contributed by atoms with Gasteiger partial charge in [0.05, 0.1) is 11.8 Å². The first-order valence-electron chi connectivity index (χ1n) is 7.47. The van der Waals surface area contributed by atoms with Crippen molar-refractivity contribution >= 4 is 16.7 Å². The van der Waals surface area contributed by atoms with Crippen molar-refractivity contribution < 1.29 is 4.42 Å². The van der Waals surface area contributed by atoms with Crippen LogP contribution in [0.4, 0.5) is 5.82 Å². The van der Waals surface area contributed by atoms with Crippen LogP contribution in [0, 0.1) is 0 Å². The van der Waals surface area contributed by atoms with Gasteiger partial charge in [-0.1, -0.05) is 12.1 Å². The lowest BCUT2D eigenvalue weighted by Gasteiger charge is -2.28. The van der Waals surface area contributed by atoms with Crippen molar-refractivity contribution in [3.8, 4) is 11.6 Å². The molecule has 0 aliphatic carbocycles. The van der Waals surface area contributed by atoms with Crippen LogP contribution in [0.3, 0.4) is 0 Å². The number of nitrogens with zero attached hydrogens (tertiary/aromatic N) is 3. The number of aromatic nitrogens is 2. The highest BCUT2D eigenvalue weighted by molar-refractivity contribution is 5.90. The third-order valence-electron chi connectivity index (χ3n) is 3.98. The van der Waals surface area contributed by atoms with Gasteiger partial charge in [-0.3, -0.25) is 0 Å². The Morgan fingerprint density at radius 1 is 0.905 bits per heavy atom. The monoisotopic (exact) mass is 279 g/mol. The van der Waals surface area contributed by atoms with E-state index in [0.717, 1.165) is 35.6 Å². The zero-order valence-corrected chi connectivity index (χ0v) is 11.8. The molecule has 1 aliphatic heterocycles. The fraction of sp³-hybridized carbons (Fsp3) is 0.294. The van der Waals surface area contributed by atoms with Crippen molar-refractivity contribution in [1.29, 1.82) is 0 Å². The molecule has 4 nitrogen and oxygen atoms in total. The van der Waals surface area contributed by atoms with Crippen LogP contribution in [0.1, 0.15) is 19.3 Å². The van der Waals surface area contributed by atoms with Crippen LogP contribution in [-0.2, 0) is 0 Å². The molecule has 0 unspecified atom stereocenters. The van der Waals surface area contributed by atoms with Crippen molar-refractivity contribution in [2.75, 3.05) is 18.0 Å². The fourth-order valence-electron chi connectivity index (χ4n) is 2.92.